The molecule has 4 nitrogen and oxygen atoms in total. The van der Waals surface area contributed by atoms with E-state index in [1.807, 2.05) is 6.07 Å². The Hall–Kier alpha value is -1.36. The lowest BCUT2D eigenvalue weighted by Crippen LogP contribution is -2.18. The summed E-state index contributed by atoms with van der Waals surface area (Å²) in [6, 6.07) is 5.15. The molecule has 0 saturated heterocycles. The lowest BCUT2D eigenvalue weighted by atomic mass is 9.92. The van der Waals surface area contributed by atoms with Crippen LogP contribution in [0, 0.1) is 0 Å². The fourth-order valence-corrected chi connectivity index (χ4v) is 3.39. The molecule has 0 unspecified atom stereocenters. The molecule has 0 saturated carbocycles. The van der Waals surface area contributed by atoms with E-state index in [2.05, 4.69) is 4.74 Å². The molecule has 18 heavy (non-hydrogen) atoms. The van der Waals surface area contributed by atoms with Gasteiger partial charge in [0.25, 0.3) is 0 Å². The van der Waals surface area contributed by atoms with Crippen LogP contribution in [-0.4, -0.2) is 27.2 Å². The third kappa shape index (κ3) is 2.72. The molecule has 0 fully saturated rings. The molecule has 0 aliphatic heterocycles. The lowest BCUT2D eigenvalue weighted by Gasteiger charge is -2.16. The van der Waals surface area contributed by atoms with Gasteiger partial charge in [0.05, 0.1) is 12.0 Å². The fraction of sp³-hybridized carbons (Fsp3) is 0.462. The number of rotatable bonds is 3. The highest BCUT2D eigenvalue weighted by Crippen LogP contribution is 2.24. The molecule has 0 heterocycles. The highest BCUT2D eigenvalue weighted by atomic mass is 32.2. The smallest absolute Gasteiger partial charge is 0.321 e. The van der Waals surface area contributed by atoms with E-state index in [1.165, 1.54) is 12.7 Å². The van der Waals surface area contributed by atoms with E-state index in [9.17, 15) is 13.2 Å². The number of aryl methyl sites for hydroxylation is 2. The Morgan fingerprint density at radius 3 is 2.56 bits per heavy atom. The molecular weight excluding hydrogens is 252 g/mol. The zero-order chi connectivity index (χ0) is 13.2. The van der Waals surface area contributed by atoms with E-state index in [4.69, 9.17) is 0 Å². The summed E-state index contributed by atoms with van der Waals surface area (Å²) in [6.45, 7) is 0. The summed E-state index contributed by atoms with van der Waals surface area (Å²) in [5.41, 5.74) is 2.31. The van der Waals surface area contributed by atoms with Gasteiger partial charge in [-0.25, -0.2) is 8.42 Å². The third-order valence-corrected chi connectivity index (χ3v) is 4.80. The summed E-state index contributed by atoms with van der Waals surface area (Å²) in [5.74, 6) is -1.32. The van der Waals surface area contributed by atoms with Crippen molar-refractivity contribution in [1.29, 1.82) is 0 Å². The van der Waals surface area contributed by atoms with Gasteiger partial charge in [-0.3, -0.25) is 4.79 Å². The summed E-state index contributed by atoms with van der Waals surface area (Å²) in [7, 11) is -2.39. The molecule has 0 atom stereocenters. The van der Waals surface area contributed by atoms with Crippen LogP contribution in [0.15, 0.2) is 23.1 Å². The lowest BCUT2D eigenvalue weighted by molar-refractivity contribution is -0.137. The van der Waals surface area contributed by atoms with Crippen molar-refractivity contribution >= 4 is 15.8 Å². The van der Waals surface area contributed by atoms with Gasteiger partial charge in [-0.15, -0.1) is 0 Å². The summed E-state index contributed by atoms with van der Waals surface area (Å²) in [5, 5.41) is 0. The monoisotopic (exact) mass is 268 g/mol. The Bertz CT molecular complexity index is 560. The second kappa shape index (κ2) is 5.10. The number of hydrogen-bond donors (Lipinski definition) is 0. The number of ether oxygens (including phenoxy) is 1. The SMILES string of the molecule is COC(=O)CS(=O)(=O)c1ccc2c(c1)CCCC2. The van der Waals surface area contributed by atoms with Gasteiger partial charge < -0.3 is 4.74 Å². The van der Waals surface area contributed by atoms with Gasteiger partial charge in [0.2, 0.25) is 0 Å². The summed E-state index contributed by atoms with van der Waals surface area (Å²) < 4.78 is 28.4. The molecule has 1 aliphatic carbocycles. The van der Waals surface area contributed by atoms with Crippen molar-refractivity contribution in [3.8, 4) is 0 Å². The van der Waals surface area contributed by atoms with Crippen LogP contribution in [0.1, 0.15) is 24.0 Å². The van der Waals surface area contributed by atoms with Crippen molar-refractivity contribution in [3.63, 3.8) is 0 Å². The topological polar surface area (TPSA) is 60.4 Å². The maximum atomic E-state index is 12.0. The normalized spacial score (nSPS) is 14.9. The molecular formula is C13H16O4S. The Kier molecular flexibility index (Phi) is 3.71. The molecule has 1 aromatic rings. The molecule has 0 bridgehead atoms. The quantitative estimate of drug-likeness (QED) is 0.780. The first-order valence-electron chi connectivity index (χ1n) is 5.94. The van der Waals surface area contributed by atoms with E-state index in [0.717, 1.165) is 31.2 Å². The molecule has 2 rings (SSSR count). The number of carbonyl (C=O) groups is 1. The molecule has 0 aromatic heterocycles. The molecule has 0 radical (unpaired) electrons. The van der Waals surface area contributed by atoms with Crippen molar-refractivity contribution in [2.45, 2.75) is 30.6 Å². The van der Waals surface area contributed by atoms with Crippen molar-refractivity contribution in [1.82, 2.24) is 0 Å². The predicted molar refractivity (Wildman–Crippen MR) is 67.2 cm³/mol. The second-order valence-corrected chi connectivity index (χ2v) is 6.46. The average molecular weight is 268 g/mol. The number of methoxy groups -OCH3 is 1. The van der Waals surface area contributed by atoms with E-state index < -0.39 is 21.6 Å². The van der Waals surface area contributed by atoms with Gasteiger partial charge in [-0.1, -0.05) is 6.07 Å². The predicted octanol–water partition coefficient (Wildman–Crippen LogP) is 1.51. The highest BCUT2D eigenvalue weighted by molar-refractivity contribution is 7.92. The Morgan fingerprint density at radius 1 is 1.22 bits per heavy atom. The third-order valence-electron chi connectivity index (χ3n) is 3.21. The maximum absolute atomic E-state index is 12.0. The molecule has 1 aliphatic rings. The Balaban J connectivity index is 2.31. The van der Waals surface area contributed by atoms with Crippen molar-refractivity contribution in [2.75, 3.05) is 12.9 Å². The molecule has 98 valence electrons. The number of esters is 1. The van der Waals surface area contributed by atoms with Gasteiger partial charge in [0.15, 0.2) is 15.6 Å². The minimum Gasteiger partial charge on any atom is -0.468 e. The Labute approximate surface area is 107 Å². The van der Waals surface area contributed by atoms with Crippen LogP contribution in [0.5, 0.6) is 0 Å². The minimum atomic E-state index is -3.58. The number of hydrogen-bond acceptors (Lipinski definition) is 4. The number of benzene rings is 1. The van der Waals surface area contributed by atoms with Crippen LogP contribution >= 0.6 is 0 Å². The molecule has 1 aromatic carbocycles. The van der Waals surface area contributed by atoms with Crippen LogP contribution in [0.3, 0.4) is 0 Å². The zero-order valence-corrected chi connectivity index (χ0v) is 11.1. The van der Waals surface area contributed by atoms with E-state index in [1.54, 1.807) is 12.1 Å². The average Bonchev–Trinajstić information content (AvgIpc) is 2.37. The number of carbonyl (C=O) groups excluding carboxylic acids is 1. The standard InChI is InChI=1S/C13H16O4S/c1-17-13(14)9-18(15,16)12-7-6-10-4-2-3-5-11(10)8-12/h6-8H,2-5,9H2,1H3. The fourth-order valence-electron chi connectivity index (χ4n) is 2.20. The van der Waals surface area contributed by atoms with Crippen molar-refractivity contribution in [2.24, 2.45) is 0 Å². The summed E-state index contributed by atoms with van der Waals surface area (Å²) in [4.78, 5) is 11.3. The maximum Gasteiger partial charge on any atom is 0.321 e. The number of sulfone groups is 1. The molecule has 0 N–H and O–H groups in total. The van der Waals surface area contributed by atoms with Crippen LogP contribution in [0.4, 0.5) is 0 Å². The van der Waals surface area contributed by atoms with Crippen molar-refractivity contribution < 1.29 is 17.9 Å². The number of fused-ring (bicyclic) bond motifs is 1. The van der Waals surface area contributed by atoms with Crippen molar-refractivity contribution in [3.05, 3.63) is 29.3 Å². The van der Waals surface area contributed by atoms with E-state index in [0.29, 0.717) is 0 Å². The highest BCUT2D eigenvalue weighted by Gasteiger charge is 2.21. The first kappa shape index (κ1) is 13.1. The summed E-state index contributed by atoms with van der Waals surface area (Å²) >= 11 is 0. The minimum absolute atomic E-state index is 0.216. The summed E-state index contributed by atoms with van der Waals surface area (Å²) in [6.07, 6.45) is 4.17. The second-order valence-electron chi connectivity index (χ2n) is 4.47. The molecule has 0 spiro atoms. The van der Waals surface area contributed by atoms with Crippen LogP contribution in [0.25, 0.3) is 0 Å². The largest absolute Gasteiger partial charge is 0.468 e. The van der Waals surface area contributed by atoms with Gasteiger partial charge >= 0.3 is 5.97 Å². The zero-order valence-electron chi connectivity index (χ0n) is 10.3. The van der Waals surface area contributed by atoms with Gasteiger partial charge in [0, 0.05) is 0 Å². The van der Waals surface area contributed by atoms with Gasteiger partial charge in [0.1, 0.15) is 0 Å². The van der Waals surface area contributed by atoms with Crippen LogP contribution in [-0.2, 0) is 32.2 Å². The molecule has 0 amide bonds. The first-order valence-corrected chi connectivity index (χ1v) is 7.59. The molecule has 5 heteroatoms. The van der Waals surface area contributed by atoms with Crippen LogP contribution < -0.4 is 0 Å². The van der Waals surface area contributed by atoms with E-state index >= 15 is 0 Å². The van der Waals surface area contributed by atoms with Gasteiger partial charge in [-0.05, 0) is 48.9 Å². The Morgan fingerprint density at radius 2 is 1.89 bits per heavy atom. The van der Waals surface area contributed by atoms with E-state index in [-0.39, 0.29) is 4.90 Å². The first-order chi connectivity index (χ1) is 8.53. The van der Waals surface area contributed by atoms with Gasteiger partial charge in [-0.2, -0.15) is 0 Å². The van der Waals surface area contributed by atoms with Crippen LogP contribution in [0.2, 0.25) is 0 Å².